The summed E-state index contributed by atoms with van der Waals surface area (Å²) in [4.78, 5) is 0. The van der Waals surface area contributed by atoms with Gasteiger partial charge in [-0.2, -0.15) is 0 Å². The fourth-order valence-electron chi connectivity index (χ4n) is 1.36. The first-order chi connectivity index (χ1) is 5.59. The monoisotopic (exact) mass is 167 g/mol. The molecule has 1 aromatic rings. The van der Waals surface area contributed by atoms with Crippen molar-refractivity contribution in [2.24, 2.45) is 7.05 Å². The van der Waals surface area contributed by atoms with E-state index in [0.717, 1.165) is 11.3 Å². The van der Waals surface area contributed by atoms with Crippen LogP contribution in [-0.4, -0.2) is 4.57 Å². The first kappa shape index (κ1) is 9.04. The first-order valence-electron chi connectivity index (χ1n) is 4.03. The third-order valence-corrected chi connectivity index (χ3v) is 2.22. The van der Waals surface area contributed by atoms with Gasteiger partial charge in [0.15, 0.2) is 0 Å². The smallest absolute Gasteiger partial charge is 0.147 e. The van der Waals surface area contributed by atoms with E-state index in [9.17, 15) is 4.39 Å². The van der Waals surface area contributed by atoms with E-state index in [1.807, 2.05) is 30.7 Å². The van der Waals surface area contributed by atoms with Gasteiger partial charge in [-0.05, 0) is 26.8 Å². The Balaban J connectivity index is 3.37. The Morgan fingerprint density at radius 2 is 1.92 bits per heavy atom. The Morgan fingerprint density at radius 1 is 1.33 bits per heavy atom. The maximum atomic E-state index is 13.3. The maximum absolute atomic E-state index is 13.3. The Morgan fingerprint density at radius 3 is 2.25 bits per heavy atom. The zero-order valence-electron chi connectivity index (χ0n) is 7.98. The molecule has 2 heteroatoms. The third kappa shape index (κ3) is 1.17. The molecule has 0 N–H and O–H groups in total. The Kier molecular flexibility index (Phi) is 2.36. The molecular formula is C10H14FN. The molecule has 0 saturated heterocycles. The van der Waals surface area contributed by atoms with E-state index in [1.54, 1.807) is 13.8 Å². The summed E-state index contributed by atoms with van der Waals surface area (Å²) in [6, 6.07) is 0. The van der Waals surface area contributed by atoms with Gasteiger partial charge in [-0.3, -0.25) is 0 Å². The van der Waals surface area contributed by atoms with Crippen LogP contribution in [0.25, 0.3) is 6.08 Å². The van der Waals surface area contributed by atoms with Gasteiger partial charge in [0, 0.05) is 18.3 Å². The van der Waals surface area contributed by atoms with Crippen LogP contribution in [0.4, 0.5) is 4.39 Å². The number of aromatic nitrogens is 1. The van der Waals surface area contributed by atoms with Gasteiger partial charge in [0.1, 0.15) is 5.82 Å². The predicted molar refractivity (Wildman–Crippen MR) is 49.6 cm³/mol. The summed E-state index contributed by atoms with van der Waals surface area (Å²) >= 11 is 0. The SMILES string of the molecule is C/C=C/c1c(C)c(F)c(C)n1C. The van der Waals surface area contributed by atoms with E-state index in [4.69, 9.17) is 0 Å². The highest BCUT2D eigenvalue weighted by Gasteiger charge is 2.11. The number of rotatable bonds is 1. The van der Waals surface area contributed by atoms with Gasteiger partial charge in [-0.1, -0.05) is 6.08 Å². The normalized spacial score (nSPS) is 11.4. The number of halogens is 1. The van der Waals surface area contributed by atoms with Gasteiger partial charge in [0.25, 0.3) is 0 Å². The molecule has 0 radical (unpaired) electrons. The standard InChI is InChI=1S/C10H14FN/c1-5-6-9-7(2)10(11)8(3)12(9)4/h5-6H,1-4H3/b6-5+. The molecule has 0 amide bonds. The number of allylic oxidation sites excluding steroid dienone is 1. The van der Waals surface area contributed by atoms with E-state index < -0.39 is 0 Å². The van der Waals surface area contributed by atoms with Crippen LogP contribution < -0.4 is 0 Å². The Bertz CT molecular complexity index is 296. The molecule has 1 aromatic heterocycles. The molecule has 12 heavy (non-hydrogen) atoms. The minimum Gasteiger partial charge on any atom is -0.346 e. The molecule has 0 saturated carbocycles. The van der Waals surface area contributed by atoms with Crippen LogP contribution in [0.3, 0.4) is 0 Å². The van der Waals surface area contributed by atoms with E-state index in [1.165, 1.54) is 0 Å². The summed E-state index contributed by atoms with van der Waals surface area (Å²) < 4.78 is 15.1. The Hall–Kier alpha value is -1.05. The third-order valence-electron chi connectivity index (χ3n) is 2.22. The highest BCUT2D eigenvalue weighted by Crippen LogP contribution is 2.19. The molecule has 0 bridgehead atoms. The van der Waals surface area contributed by atoms with E-state index in [2.05, 4.69) is 0 Å². The number of hydrogen-bond donors (Lipinski definition) is 0. The van der Waals surface area contributed by atoms with Gasteiger partial charge in [0.2, 0.25) is 0 Å². The molecule has 0 atom stereocenters. The van der Waals surface area contributed by atoms with Crippen molar-refractivity contribution in [1.82, 2.24) is 4.57 Å². The van der Waals surface area contributed by atoms with Gasteiger partial charge >= 0.3 is 0 Å². The van der Waals surface area contributed by atoms with Crippen LogP contribution in [0, 0.1) is 19.7 Å². The average molecular weight is 167 g/mol. The van der Waals surface area contributed by atoms with Gasteiger partial charge in [-0.25, -0.2) is 4.39 Å². The van der Waals surface area contributed by atoms with Crippen LogP contribution in [0.1, 0.15) is 23.9 Å². The highest BCUT2D eigenvalue weighted by molar-refractivity contribution is 5.51. The second-order valence-electron chi connectivity index (χ2n) is 2.97. The van der Waals surface area contributed by atoms with Crippen molar-refractivity contribution in [3.05, 3.63) is 28.8 Å². The highest BCUT2D eigenvalue weighted by atomic mass is 19.1. The second kappa shape index (κ2) is 3.13. The summed E-state index contributed by atoms with van der Waals surface area (Å²) in [5.41, 5.74) is 2.38. The van der Waals surface area contributed by atoms with Crippen LogP contribution in [0.2, 0.25) is 0 Å². The van der Waals surface area contributed by atoms with Crippen molar-refractivity contribution >= 4 is 6.08 Å². The fourth-order valence-corrected chi connectivity index (χ4v) is 1.36. The summed E-state index contributed by atoms with van der Waals surface area (Å²) in [6.07, 6.45) is 3.84. The van der Waals surface area contributed by atoms with Crippen molar-refractivity contribution in [2.75, 3.05) is 0 Å². The molecule has 66 valence electrons. The number of nitrogens with zero attached hydrogens (tertiary/aromatic N) is 1. The molecule has 0 unspecified atom stereocenters. The lowest BCUT2D eigenvalue weighted by molar-refractivity contribution is 0.605. The van der Waals surface area contributed by atoms with Crippen molar-refractivity contribution in [3.63, 3.8) is 0 Å². The first-order valence-corrected chi connectivity index (χ1v) is 4.03. The summed E-state index contributed by atoms with van der Waals surface area (Å²) in [6.45, 7) is 5.52. The lowest BCUT2D eigenvalue weighted by Gasteiger charge is -1.99. The molecule has 0 aliphatic rings. The van der Waals surface area contributed by atoms with Crippen LogP contribution in [0.15, 0.2) is 6.08 Å². The van der Waals surface area contributed by atoms with Gasteiger partial charge in [0.05, 0.1) is 5.69 Å². The molecule has 1 heterocycles. The second-order valence-corrected chi connectivity index (χ2v) is 2.97. The summed E-state index contributed by atoms with van der Waals surface area (Å²) in [5.74, 6) is -0.0920. The number of hydrogen-bond acceptors (Lipinski definition) is 0. The molecule has 0 aliphatic carbocycles. The predicted octanol–water partition coefficient (Wildman–Crippen LogP) is 2.81. The minimum atomic E-state index is -0.0920. The summed E-state index contributed by atoms with van der Waals surface area (Å²) in [5, 5.41) is 0. The average Bonchev–Trinajstić information content (AvgIpc) is 2.23. The van der Waals surface area contributed by atoms with Crippen LogP contribution in [0.5, 0.6) is 0 Å². The van der Waals surface area contributed by atoms with E-state index in [-0.39, 0.29) is 5.82 Å². The zero-order valence-corrected chi connectivity index (χ0v) is 7.98. The fraction of sp³-hybridized carbons (Fsp3) is 0.400. The van der Waals surface area contributed by atoms with Crippen molar-refractivity contribution in [1.29, 1.82) is 0 Å². The molecule has 0 aromatic carbocycles. The molecule has 0 fully saturated rings. The molecule has 1 rings (SSSR count). The van der Waals surface area contributed by atoms with Gasteiger partial charge in [-0.15, -0.1) is 0 Å². The largest absolute Gasteiger partial charge is 0.346 e. The van der Waals surface area contributed by atoms with Gasteiger partial charge < -0.3 is 4.57 Å². The molecule has 0 aliphatic heterocycles. The molecule has 0 spiro atoms. The Labute approximate surface area is 72.5 Å². The quantitative estimate of drug-likeness (QED) is 0.606. The molecule has 1 nitrogen and oxygen atoms in total. The van der Waals surface area contributed by atoms with Crippen molar-refractivity contribution < 1.29 is 4.39 Å². The van der Waals surface area contributed by atoms with E-state index >= 15 is 0 Å². The summed E-state index contributed by atoms with van der Waals surface area (Å²) in [7, 11) is 1.88. The van der Waals surface area contributed by atoms with Crippen LogP contribution >= 0.6 is 0 Å². The van der Waals surface area contributed by atoms with Crippen LogP contribution in [-0.2, 0) is 7.05 Å². The lowest BCUT2D eigenvalue weighted by atomic mass is 10.2. The lowest BCUT2D eigenvalue weighted by Crippen LogP contribution is -1.93. The maximum Gasteiger partial charge on any atom is 0.147 e. The van der Waals surface area contributed by atoms with E-state index in [0.29, 0.717) is 5.69 Å². The zero-order chi connectivity index (χ0) is 9.30. The minimum absolute atomic E-state index is 0.0920. The van der Waals surface area contributed by atoms with Crippen molar-refractivity contribution in [3.8, 4) is 0 Å². The molecular weight excluding hydrogens is 153 g/mol. The topological polar surface area (TPSA) is 4.93 Å². The van der Waals surface area contributed by atoms with Crippen molar-refractivity contribution in [2.45, 2.75) is 20.8 Å².